The van der Waals surface area contributed by atoms with E-state index < -0.39 is 5.63 Å². The molecule has 0 amide bonds. The van der Waals surface area contributed by atoms with Crippen LogP contribution in [0.4, 0.5) is 0 Å². The molecule has 0 bridgehead atoms. The van der Waals surface area contributed by atoms with Gasteiger partial charge in [0.1, 0.15) is 0 Å². The Morgan fingerprint density at radius 2 is 2.00 bits per heavy atom. The summed E-state index contributed by atoms with van der Waals surface area (Å²) in [6.45, 7) is 6.37. The van der Waals surface area contributed by atoms with Crippen LogP contribution in [0.5, 0.6) is 17.2 Å². The van der Waals surface area contributed by atoms with E-state index in [1.807, 2.05) is 26.0 Å². The van der Waals surface area contributed by atoms with Crippen molar-refractivity contribution in [3.8, 4) is 17.2 Å². The molecule has 0 fully saturated rings. The summed E-state index contributed by atoms with van der Waals surface area (Å²) in [6.07, 6.45) is 5.84. The highest BCUT2D eigenvalue weighted by Gasteiger charge is 2.20. The highest BCUT2D eigenvalue weighted by molar-refractivity contribution is 5.89. The summed E-state index contributed by atoms with van der Waals surface area (Å²) in [6, 6.07) is 5.44. The Balaban J connectivity index is 2.43. The molecule has 0 unspecified atom stereocenters. The SMILES string of the molecule is CC/C=C/CCOc1cccc2c(OC(C)C)c(OC)c(=O)oc12. The molecule has 0 aliphatic carbocycles. The molecule has 0 atom stereocenters. The lowest BCUT2D eigenvalue weighted by Crippen LogP contribution is -2.12. The summed E-state index contributed by atoms with van der Waals surface area (Å²) in [5.74, 6) is 0.972. The van der Waals surface area contributed by atoms with Crippen molar-refractivity contribution in [1.82, 2.24) is 0 Å². The highest BCUT2D eigenvalue weighted by atomic mass is 16.5. The normalized spacial score (nSPS) is 11.4. The monoisotopic (exact) mass is 332 g/mol. The molecule has 5 nitrogen and oxygen atoms in total. The smallest absolute Gasteiger partial charge is 0.383 e. The van der Waals surface area contributed by atoms with E-state index in [4.69, 9.17) is 18.6 Å². The minimum atomic E-state index is -0.581. The van der Waals surface area contributed by atoms with E-state index in [0.29, 0.717) is 29.1 Å². The van der Waals surface area contributed by atoms with Crippen LogP contribution in [0.25, 0.3) is 11.0 Å². The van der Waals surface area contributed by atoms with Gasteiger partial charge in [0.2, 0.25) is 5.75 Å². The second kappa shape index (κ2) is 8.43. The molecule has 0 N–H and O–H groups in total. The fourth-order valence-corrected chi connectivity index (χ4v) is 2.32. The number of allylic oxidation sites excluding steroid dienone is 1. The molecular formula is C19H24O5. The summed E-state index contributed by atoms with van der Waals surface area (Å²) in [4.78, 5) is 12.2. The summed E-state index contributed by atoms with van der Waals surface area (Å²) < 4.78 is 22.1. The van der Waals surface area contributed by atoms with Crippen molar-refractivity contribution in [2.24, 2.45) is 0 Å². The number of fused-ring (bicyclic) bond motifs is 1. The Morgan fingerprint density at radius 3 is 2.67 bits per heavy atom. The van der Waals surface area contributed by atoms with E-state index in [1.165, 1.54) is 7.11 Å². The van der Waals surface area contributed by atoms with Crippen LogP contribution in [0.1, 0.15) is 33.6 Å². The first-order valence-electron chi connectivity index (χ1n) is 8.16. The Morgan fingerprint density at radius 1 is 1.21 bits per heavy atom. The average molecular weight is 332 g/mol. The topological polar surface area (TPSA) is 57.9 Å². The third-order valence-corrected chi connectivity index (χ3v) is 3.31. The van der Waals surface area contributed by atoms with Crippen molar-refractivity contribution in [2.45, 2.75) is 39.7 Å². The van der Waals surface area contributed by atoms with Gasteiger partial charge in [-0.25, -0.2) is 4.79 Å². The molecule has 2 aromatic rings. The molecule has 1 aromatic carbocycles. The van der Waals surface area contributed by atoms with Crippen LogP contribution in [0, 0.1) is 0 Å². The van der Waals surface area contributed by atoms with Gasteiger partial charge < -0.3 is 18.6 Å². The number of hydrogen-bond acceptors (Lipinski definition) is 5. The Labute approximate surface area is 141 Å². The molecule has 1 aromatic heterocycles. The molecule has 2 rings (SSSR count). The largest absolute Gasteiger partial charge is 0.489 e. The molecule has 0 spiro atoms. The Hall–Kier alpha value is -2.43. The first kappa shape index (κ1) is 17.9. The zero-order chi connectivity index (χ0) is 17.5. The van der Waals surface area contributed by atoms with Crippen LogP contribution >= 0.6 is 0 Å². The van der Waals surface area contributed by atoms with Crippen molar-refractivity contribution < 1.29 is 18.6 Å². The highest BCUT2D eigenvalue weighted by Crippen LogP contribution is 2.37. The van der Waals surface area contributed by atoms with E-state index >= 15 is 0 Å². The average Bonchev–Trinajstić information content (AvgIpc) is 2.55. The second-order valence-corrected chi connectivity index (χ2v) is 5.57. The fraction of sp³-hybridized carbons (Fsp3) is 0.421. The molecule has 0 saturated carbocycles. The van der Waals surface area contributed by atoms with Gasteiger partial charge in [0.25, 0.3) is 0 Å². The lowest BCUT2D eigenvalue weighted by Gasteiger charge is -2.15. The zero-order valence-corrected chi connectivity index (χ0v) is 14.6. The van der Waals surface area contributed by atoms with E-state index in [-0.39, 0.29) is 11.9 Å². The molecular weight excluding hydrogens is 308 g/mol. The quantitative estimate of drug-likeness (QED) is 0.409. The Kier molecular flexibility index (Phi) is 6.29. The molecule has 0 radical (unpaired) electrons. The molecule has 0 aliphatic rings. The van der Waals surface area contributed by atoms with Gasteiger partial charge in [-0.05, 0) is 38.8 Å². The molecule has 130 valence electrons. The summed E-state index contributed by atoms with van der Waals surface area (Å²) in [5, 5.41) is 0.654. The van der Waals surface area contributed by atoms with E-state index in [9.17, 15) is 4.79 Å². The van der Waals surface area contributed by atoms with Crippen LogP contribution in [0.3, 0.4) is 0 Å². The predicted molar refractivity (Wildman–Crippen MR) is 94.3 cm³/mol. The molecule has 1 heterocycles. The minimum Gasteiger partial charge on any atom is -0.489 e. The van der Waals surface area contributed by atoms with E-state index in [2.05, 4.69) is 19.1 Å². The van der Waals surface area contributed by atoms with Crippen molar-refractivity contribution in [3.63, 3.8) is 0 Å². The van der Waals surface area contributed by atoms with Crippen molar-refractivity contribution in [1.29, 1.82) is 0 Å². The summed E-state index contributed by atoms with van der Waals surface area (Å²) in [7, 11) is 1.42. The second-order valence-electron chi connectivity index (χ2n) is 5.57. The lowest BCUT2D eigenvalue weighted by molar-refractivity contribution is 0.228. The third-order valence-electron chi connectivity index (χ3n) is 3.31. The number of ether oxygens (including phenoxy) is 3. The van der Waals surface area contributed by atoms with Gasteiger partial charge in [-0.3, -0.25) is 0 Å². The van der Waals surface area contributed by atoms with Crippen LogP contribution in [-0.4, -0.2) is 19.8 Å². The first-order valence-corrected chi connectivity index (χ1v) is 8.16. The summed E-state index contributed by atoms with van der Waals surface area (Å²) >= 11 is 0. The van der Waals surface area contributed by atoms with Crippen molar-refractivity contribution >= 4 is 11.0 Å². The van der Waals surface area contributed by atoms with E-state index in [1.54, 1.807) is 6.07 Å². The number of rotatable bonds is 8. The van der Waals surface area contributed by atoms with Gasteiger partial charge in [-0.15, -0.1) is 0 Å². The van der Waals surface area contributed by atoms with E-state index in [0.717, 1.165) is 12.8 Å². The Bertz CT molecular complexity index is 758. The maximum Gasteiger partial charge on any atom is 0.383 e. The number of methoxy groups -OCH3 is 1. The standard InChI is InChI=1S/C19H24O5/c1-5-6-7-8-12-22-15-11-9-10-14-16(15)24-19(20)18(21-4)17(14)23-13(2)3/h6-7,9-11,13H,5,8,12H2,1-4H3/b7-6+. The molecule has 0 aliphatic heterocycles. The van der Waals surface area contributed by atoms with Gasteiger partial charge in [-0.1, -0.05) is 25.1 Å². The zero-order valence-electron chi connectivity index (χ0n) is 14.6. The molecule has 0 saturated heterocycles. The maximum atomic E-state index is 12.2. The molecule has 5 heteroatoms. The van der Waals surface area contributed by atoms with Crippen molar-refractivity contribution in [2.75, 3.05) is 13.7 Å². The number of para-hydroxylation sites is 1. The van der Waals surface area contributed by atoms with Gasteiger partial charge in [0.05, 0.1) is 25.2 Å². The van der Waals surface area contributed by atoms with Crippen LogP contribution < -0.4 is 19.8 Å². The third kappa shape index (κ3) is 4.10. The van der Waals surface area contributed by atoms with Gasteiger partial charge in [0, 0.05) is 0 Å². The minimum absolute atomic E-state index is 0.0687. The lowest BCUT2D eigenvalue weighted by atomic mass is 10.2. The number of hydrogen-bond donors (Lipinski definition) is 0. The van der Waals surface area contributed by atoms with Gasteiger partial charge in [0.15, 0.2) is 17.1 Å². The fourth-order valence-electron chi connectivity index (χ4n) is 2.32. The van der Waals surface area contributed by atoms with Crippen LogP contribution in [0.15, 0.2) is 39.6 Å². The van der Waals surface area contributed by atoms with Crippen molar-refractivity contribution in [3.05, 3.63) is 40.8 Å². The number of benzene rings is 1. The molecule has 24 heavy (non-hydrogen) atoms. The van der Waals surface area contributed by atoms with Gasteiger partial charge >= 0.3 is 5.63 Å². The van der Waals surface area contributed by atoms with Gasteiger partial charge in [-0.2, -0.15) is 0 Å². The first-order chi connectivity index (χ1) is 11.6. The maximum absolute atomic E-state index is 12.2. The summed E-state index contributed by atoms with van der Waals surface area (Å²) in [5.41, 5.74) is -0.207. The van der Waals surface area contributed by atoms with Crippen LogP contribution in [-0.2, 0) is 0 Å². The van der Waals surface area contributed by atoms with Crippen LogP contribution in [0.2, 0.25) is 0 Å². The predicted octanol–water partition coefficient (Wildman–Crippen LogP) is 4.32.